The van der Waals surface area contributed by atoms with Crippen LogP contribution < -0.4 is 5.32 Å². The Labute approximate surface area is 245 Å². The van der Waals surface area contributed by atoms with Crippen molar-refractivity contribution in [2.45, 2.75) is 122 Å². The number of hydrogen-bond donors (Lipinski definition) is 9. The van der Waals surface area contributed by atoms with E-state index < -0.39 is 37.0 Å². The maximum Gasteiger partial charge on any atom is 0.303 e. The molecule has 0 spiro atoms. The summed E-state index contributed by atoms with van der Waals surface area (Å²) in [4.78, 5) is 11.1. The lowest BCUT2D eigenvalue weighted by Crippen LogP contribution is -2.58. The van der Waals surface area contributed by atoms with Crippen molar-refractivity contribution in [1.29, 1.82) is 0 Å². The molecule has 10 nitrogen and oxygen atoms in total. The molecule has 0 aromatic heterocycles. The first kappa shape index (κ1) is 34.6. The first-order valence-corrected chi connectivity index (χ1v) is 15.8. The largest absolute Gasteiger partial charge is 0.481 e. The highest BCUT2D eigenvalue weighted by Crippen LogP contribution is 2.68. The molecule has 0 aromatic carbocycles. The molecule has 0 bridgehead atoms. The molecule has 10 heteroatoms. The van der Waals surface area contributed by atoms with E-state index in [4.69, 9.17) is 25.5 Å². The van der Waals surface area contributed by atoms with Gasteiger partial charge in [-0.2, -0.15) is 0 Å². The summed E-state index contributed by atoms with van der Waals surface area (Å²) in [5, 5.41) is 78.0. The zero-order valence-corrected chi connectivity index (χ0v) is 25.4. The van der Waals surface area contributed by atoms with E-state index in [-0.39, 0.29) is 36.0 Å². The lowest BCUT2D eigenvalue weighted by molar-refractivity contribution is -0.174. The van der Waals surface area contributed by atoms with Gasteiger partial charge in [-0.05, 0) is 111 Å². The smallest absolute Gasteiger partial charge is 0.303 e. The van der Waals surface area contributed by atoms with Crippen LogP contribution in [0.2, 0.25) is 0 Å². The van der Waals surface area contributed by atoms with Crippen molar-refractivity contribution in [2.24, 2.45) is 46.3 Å². The number of nitrogens with one attached hydrogen (secondary N) is 1. The van der Waals surface area contributed by atoms with Gasteiger partial charge < -0.3 is 46.2 Å². The van der Waals surface area contributed by atoms with Gasteiger partial charge in [0.1, 0.15) is 18.3 Å². The number of carboxylic acid groups (broad SMARTS) is 1. The van der Waals surface area contributed by atoms with E-state index >= 15 is 0 Å². The number of likely N-dealkylation sites (N-methyl/N-ethyl adjacent to an activating group) is 1. The first-order valence-electron chi connectivity index (χ1n) is 15.8. The second kappa shape index (κ2) is 14.3. The quantitative estimate of drug-likeness (QED) is 0.179. The number of aliphatic carboxylic acids is 1. The van der Waals surface area contributed by atoms with E-state index in [0.717, 1.165) is 32.1 Å². The Morgan fingerprint density at radius 3 is 2.12 bits per heavy atom. The number of aliphatic hydroxyl groups excluding tert-OH is 7. The fourth-order valence-electron chi connectivity index (χ4n) is 9.62. The molecule has 240 valence electrons. The fourth-order valence-corrected chi connectivity index (χ4v) is 9.62. The summed E-state index contributed by atoms with van der Waals surface area (Å²) in [6.07, 6.45) is 3.55. The highest BCUT2D eigenvalue weighted by atomic mass is 16.4. The van der Waals surface area contributed by atoms with Gasteiger partial charge in [-0.25, -0.2) is 0 Å². The van der Waals surface area contributed by atoms with Gasteiger partial charge >= 0.3 is 5.97 Å². The van der Waals surface area contributed by atoms with Crippen LogP contribution in [0.5, 0.6) is 0 Å². The Hall–Kier alpha value is -0.850. The number of fused-ring (bicyclic) bond motifs is 5. The lowest BCUT2D eigenvalue weighted by Gasteiger charge is -2.62. The van der Waals surface area contributed by atoms with Crippen LogP contribution in [0.1, 0.15) is 85.0 Å². The number of aliphatic hydroxyl groups is 7. The Bertz CT molecular complexity index is 846. The Kier molecular flexibility index (Phi) is 12.1. The van der Waals surface area contributed by atoms with Crippen LogP contribution in [-0.2, 0) is 4.79 Å². The topological polar surface area (TPSA) is 191 Å². The third kappa shape index (κ3) is 7.28. The van der Waals surface area contributed by atoms with E-state index in [1.54, 1.807) is 7.05 Å². The van der Waals surface area contributed by atoms with Gasteiger partial charge in [0.05, 0.1) is 24.9 Å². The van der Waals surface area contributed by atoms with Crippen molar-refractivity contribution in [1.82, 2.24) is 5.32 Å². The first-order chi connectivity index (χ1) is 19.2. The van der Waals surface area contributed by atoms with Crippen molar-refractivity contribution in [3.8, 4) is 0 Å². The Morgan fingerprint density at radius 2 is 1.51 bits per heavy atom. The molecule has 0 heterocycles. The van der Waals surface area contributed by atoms with E-state index in [0.29, 0.717) is 35.5 Å². The Morgan fingerprint density at radius 1 is 0.902 bits per heavy atom. The average molecular weight is 588 g/mol. The summed E-state index contributed by atoms with van der Waals surface area (Å²) in [6, 6.07) is 0. The monoisotopic (exact) mass is 587 g/mol. The third-order valence-electron chi connectivity index (χ3n) is 12.0. The second-order valence-corrected chi connectivity index (χ2v) is 14.2. The number of carbonyl (C=O) groups is 1. The lowest BCUT2D eigenvalue weighted by atomic mass is 9.43. The van der Waals surface area contributed by atoms with Crippen molar-refractivity contribution in [2.75, 3.05) is 20.2 Å². The summed E-state index contributed by atoms with van der Waals surface area (Å²) in [5.74, 6) is 2.36. The van der Waals surface area contributed by atoms with Crippen molar-refractivity contribution < 1.29 is 45.6 Å². The van der Waals surface area contributed by atoms with Gasteiger partial charge in [-0.3, -0.25) is 4.79 Å². The molecular formula is C31H57NO9. The predicted octanol–water partition coefficient (Wildman–Crippen LogP) is 1.12. The predicted molar refractivity (Wildman–Crippen MR) is 154 cm³/mol. The van der Waals surface area contributed by atoms with Crippen molar-refractivity contribution in [3.05, 3.63) is 0 Å². The van der Waals surface area contributed by atoms with Crippen LogP contribution in [0, 0.1) is 46.3 Å². The summed E-state index contributed by atoms with van der Waals surface area (Å²) < 4.78 is 0. The molecule has 4 saturated carbocycles. The molecule has 0 unspecified atom stereocenters. The standard InChI is InChI=1S/C24H40O4.C7H17NO5/c1-14(4-7-21(27)28)17-5-6-18-22-19(9-11-24(17,18)3)23(2)10-8-16(25)12-15(23)13-20(22)26;1-8-2-4(10)6(12)7(13)5(11)3-9/h14-20,22,25-26H,4-13H2,1-3H3,(H,27,28);4-13H,2-3H2,1H3/t14-,15+,16-,17-,18+,19+,20+,22+,23+,24-;4-,5+,6+,7+/m10/s1. The maximum atomic E-state index is 11.2. The summed E-state index contributed by atoms with van der Waals surface area (Å²) in [6.45, 7) is 6.59. The molecule has 0 saturated heterocycles. The molecule has 4 aliphatic rings. The highest BCUT2D eigenvalue weighted by molar-refractivity contribution is 5.66. The Balaban J connectivity index is 0.000000302. The summed E-state index contributed by atoms with van der Waals surface area (Å²) in [5.41, 5.74) is 0.523. The fraction of sp³-hybridized carbons (Fsp3) is 0.968. The van der Waals surface area contributed by atoms with Crippen molar-refractivity contribution >= 4 is 5.97 Å². The normalized spacial score (nSPS) is 41.9. The van der Waals surface area contributed by atoms with Crippen LogP contribution in [0.4, 0.5) is 0 Å². The number of hydrogen-bond acceptors (Lipinski definition) is 9. The van der Waals surface area contributed by atoms with Gasteiger partial charge in [0, 0.05) is 13.0 Å². The molecule has 0 radical (unpaired) electrons. The van der Waals surface area contributed by atoms with E-state index in [1.807, 2.05) is 0 Å². The molecule has 9 N–H and O–H groups in total. The molecular weight excluding hydrogens is 530 g/mol. The third-order valence-corrected chi connectivity index (χ3v) is 12.0. The van der Waals surface area contributed by atoms with Gasteiger partial charge in [0.25, 0.3) is 0 Å². The van der Waals surface area contributed by atoms with E-state index in [9.17, 15) is 20.1 Å². The minimum Gasteiger partial charge on any atom is -0.481 e. The van der Waals surface area contributed by atoms with Gasteiger partial charge in [-0.1, -0.05) is 20.8 Å². The summed E-state index contributed by atoms with van der Waals surface area (Å²) in [7, 11) is 1.57. The summed E-state index contributed by atoms with van der Waals surface area (Å²) >= 11 is 0. The maximum absolute atomic E-state index is 11.2. The number of carboxylic acids is 1. The minimum absolute atomic E-state index is 0.0936. The molecule has 0 aromatic rings. The van der Waals surface area contributed by atoms with Gasteiger partial charge in [0.15, 0.2) is 0 Å². The second-order valence-electron chi connectivity index (χ2n) is 14.2. The van der Waals surface area contributed by atoms with E-state index in [1.165, 1.54) is 25.7 Å². The van der Waals surface area contributed by atoms with Crippen LogP contribution in [-0.4, -0.2) is 104 Å². The zero-order valence-electron chi connectivity index (χ0n) is 25.4. The molecule has 4 rings (SSSR count). The molecule has 41 heavy (non-hydrogen) atoms. The van der Waals surface area contributed by atoms with Gasteiger partial charge in [0.2, 0.25) is 0 Å². The molecule has 4 fully saturated rings. The SMILES string of the molecule is CNC[C@H](O)[C@@H](O)[C@H](O)[C@H](O)CO.C[C@H](CCC(=O)O)[C@H]1CC[C@H]2[C@@H]3[C@@H](O)C[C@@H]4C[C@H](O)CC[C@]4(C)[C@H]3CC[C@]12C. The highest BCUT2D eigenvalue weighted by Gasteiger charge is 2.62. The zero-order chi connectivity index (χ0) is 30.7. The molecule has 4 aliphatic carbocycles. The van der Waals surface area contributed by atoms with Crippen LogP contribution in [0.3, 0.4) is 0 Å². The number of rotatable bonds is 10. The van der Waals surface area contributed by atoms with Crippen LogP contribution in [0.15, 0.2) is 0 Å². The van der Waals surface area contributed by atoms with Gasteiger partial charge in [-0.15, -0.1) is 0 Å². The van der Waals surface area contributed by atoms with Crippen molar-refractivity contribution in [3.63, 3.8) is 0 Å². The van der Waals surface area contributed by atoms with Crippen LogP contribution in [0.25, 0.3) is 0 Å². The van der Waals surface area contributed by atoms with Crippen LogP contribution >= 0.6 is 0 Å². The minimum atomic E-state index is -1.55. The molecule has 14 atom stereocenters. The van der Waals surface area contributed by atoms with E-state index in [2.05, 4.69) is 26.1 Å². The molecule has 0 amide bonds. The average Bonchev–Trinajstić information content (AvgIpc) is 3.29. The molecule has 0 aliphatic heterocycles.